The number of aryl methyl sites for hydroxylation is 1. The molecule has 0 fully saturated rings. The van der Waals surface area contributed by atoms with Crippen molar-refractivity contribution in [1.82, 2.24) is 0 Å². The van der Waals surface area contributed by atoms with Crippen molar-refractivity contribution in [3.8, 4) is 0 Å². The van der Waals surface area contributed by atoms with Crippen LogP contribution in [0.3, 0.4) is 0 Å². The van der Waals surface area contributed by atoms with Crippen molar-refractivity contribution >= 4 is 11.0 Å². The van der Waals surface area contributed by atoms with Gasteiger partial charge in [-0.3, -0.25) is 0 Å². The maximum Gasteiger partial charge on any atom is 0.134 e. The van der Waals surface area contributed by atoms with Crippen molar-refractivity contribution in [2.75, 3.05) is 6.54 Å². The lowest BCUT2D eigenvalue weighted by Crippen LogP contribution is -1.97. The van der Waals surface area contributed by atoms with Gasteiger partial charge >= 0.3 is 0 Å². The Hall–Kier alpha value is -1.28. The Bertz CT molecular complexity index is 386. The van der Waals surface area contributed by atoms with Gasteiger partial charge in [0.1, 0.15) is 11.3 Å². The minimum absolute atomic E-state index is 0.792. The Balaban J connectivity index is 1.97. The van der Waals surface area contributed by atoms with E-state index in [1.54, 1.807) is 0 Å². The molecule has 15 heavy (non-hydrogen) atoms. The number of hydrogen-bond donors (Lipinski definition) is 1. The molecule has 0 spiro atoms. The molecule has 1 heterocycles. The summed E-state index contributed by atoms with van der Waals surface area (Å²) in [6, 6.07) is 10.3. The van der Waals surface area contributed by atoms with E-state index in [-0.39, 0.29) is 0 Å². The smallest absolute Gasteiger partial charge is 0.134 e. The number of nitrogens with two attached hydrogens (primary N) is 1. The molecule has 0 saturated heterocycles. The van der Waals surface area contributed by atoms with Crippen LogP contribution in [0.1, 0.15) is 25.0 Å². The zero-order chi connectivity index (χ0) is 10.5. The quantitative estimate of drug-likeness (QED) is 0.758. The lowest BCUT2D eigenvalue weighted by Gasteiger charge is -1.95. The van der Waals surface area contributed by atoms with E-state index in [1.165, 1.54) is 11.8 Å². The third kappa shape index (κ3) is 2.60. The van der Waals surface area contributed by atoms with Gasteiger partial charge in [0, 0.05) is 11.8 Å². The Labute approximate surface area is 90.1 Å². The van der Waals surface area contributed by atoms with E-state index in [1.807, 2.05) is 18.2 Å². The van der Waals surface area contributed by atoms with Crippen LogP contribution in [0.2, 0.25) is 0 Å². The molecule has 0 bridgehead atoms. The minimum atomic E-state index is 0.792. The Kier molecular flexibility index (Phi) is 3.41. The highest BCUT2D eigenvalue weighted by Crippen LogP contribution is 2.20. The summed E-state index contributed by atoms with van der Waals surface area (Å²) in [5, 5.41) is 1.20. The molecule has 0 saturated carbocycles. The molecular formula is C13H17NO. The monoisotopic (exact) mass is 203 g/mol. The normalized spacial score (nSPS) is 11.0. The fourth-order valence-electron chi connectivity index (χ4n) is 1.78. The molecule has 2 heteroatoms. The zero-order valence-corrected chi connectivity index (χ0v) is 8.91. The molecular weight excluding hydrogens is 186 g/mol. The lowest BCUT2D eigenvalue weighted by molar-refractivity contribution is 0.529. The molecule has 0 aliphatic heterocycles. The van der Waals surface area contributed by atoms with E-state index < -0.39 is 0 Å². The van der Waals surface area contributed by atoms with Crippen molar-refractivity contribution < 1.29 is 4.42 Å². The zero-order valence-electron chi connectivity index (χ0n) is 8.91. The Morgan fingerprint density at radius 1 is 1.07 bits per heavy atom. The van der Waals surface area contributed by atoms with Gasteiger partial charge in [-0.05, 0) is 31.5 Å². The van der Waals surface area contributed by atoms with Gasteiger partial charge in [-0.2, -0.15) is 0 Å². The Morgan fingerprint density at radius 3 is 2.73 bits per heavy atom. The molecule has 0 aliphatic carbocycles. The van der Waals surface area contributed by atoms with Crippen LogP contribution in [0, 0.1) is 0 Å². The number of unbranched alkanes of at least 4 members (excludes halogenated alkanes) is 2. The van der Waals surface area contributed by atoms with Crippen molar-refractivity contribution in [2.24, 2.45) is 5.73 Å². The van der Waals surface area contributed by atoms with E-state index in [4.69, 9.17) is 10.2 Å². The van der Waals surface area contributed by atoms with Gasteiger partial charge in [0.2, 0.25) is 0 Å². The van der Waals surface area contributed by atoms with Gasteiger partial charge in [0.25, 0.3) is 0 Å². The molecule has 2 nitrogen and oxygen atoms in total. The van der Waals surface area contributed by atoms with Crippen LogP contribution in [0.25, 0.3) is 11.0 Å². The highest BCUT2D eigenvalue weighted by atomic mass is 16.3. The number of rotatable bonds is 5. The lowest BCUT2D eigenvalue weighted by atomic mass is 10.1. The van der Waals surface area contributed by atoms with E-state index in [0.717, 1.165) is 37.2 Å². The maximum atomic E-state index is 5.72. The van der Waals surface area contributed by atoms with Gasteiger partial charge in [-0.1, -0.05) is 24.6 Å². The van der Waals surface area contributed by atoms with Gasteiger partial charge in [0.15, 0.2) is 0 Å². The second-order valence-corrected chi connectivity index (χ2v) is 3.85. The van der Waals surface area contributed by atoms with Crippen molar-refractivity contribution in [3.05, 3.63) is 36.1 Å². The molecule has 2 aromatic rings. The standard InChI is InChI=1S/C13H17NO/c14-9-5-1-2-7-12-10-11-6-3-4-8-13(11)15-12/h3-4,6,8,10H,1-2,5,7,9,14H2. The van der Waals surface area contributed by atoms with E-state index in [0.29, 0.717) is 0 Å². The predicted molar refractivity (Wildman–Crippen MR) is 62.8 cm³/mol. The number of fused-ring (bicyclic) bond motifs is 1. The number of para-hydroxylation sites is 1. The second-order valence-electron chi connectivity index (χ2n) is 3.85. The van der Waals surface area contributed by atoms with Gasteiger partial charge in [-0.15, -0.1) is 0 Å². The molecule has 0 radical (unpaired) electrons. The topological polar surface area (TPSA) is 39.2 Å². The first-order valence-electron chi connectivity index (χ1n) is 5.57. The van der Waals surface area contributed by atoms with E-state index >= 15 is 0 Å². The Morgan fingerprint density at radius 2 is 1.93 bits per heavy atom. The summed E-state index contributed by atoms with van der Waals surface area (Å²) in [5.74, 6) is 1.09. The fraction of sp³-hybridized carbons (Fsp3) is 0.385. The van der Waals surface area contributed by atoms with Crippen molar-refractivity contribution in [2.45, 2.75) is 25.7 Å². The van der Waals surface area contributed by atoms with Crippen molar-refractivity contribution in [1.29, 1.82) is 0 Å². The van der Waals surface area contributed by atoms with E-state index in [2.05, 4.69) is 12.1 Å². The van der Waals surface area contributed by atoms with E-state index in [9.17, 15) is 0 Å². The number of benzene rings is 1. The highest BCUT2D eigenvalue weighted by molar-refractivity contribution is 5.77. The molecule has 2 rings (SSSR count). The minimum Gasteiger partial charge on any atom is -0.461 e. The first-order valence-corrected chi connectivity index (χ1v) is 5.57. The third-order valence-corrected chi connectivity index (χ3v) is 2.60. The maximum absolute atomic E-state index is 5.72. The molecule has 1 aromatic carbocycles. The van der Waals surface area contributed by atoms with Crippen LogP contribution in [0.15, 0.2) is 34.7 Å². The summed E-state index contributed by atoms with van der Waals surface area (Å²) in [7, 11) is 0. The molecule has 0 atom stereocenters. The highest BCUT2D eigenvalue weighted by Gasteiger charge is 2.01. The van der Waals surface area contributed by atoms with Crippen LogP contribution in [0.5, 0.6) is 0 Å². The first kappa shape index (κ1) is 10.2. The fourth-order valence-corrected chi connectivity index (χ4v) is 1.78. The second kappa shape index (κ2) is 4.99. The molecule has 0 aliphatic rings. The van der Waals surface area contributed by atoms with Crippen LogP contribution in [-0.4, -0.2) is 6.54 Å². The molecule has 1 aromatic heterocycles. The summed E-state index contributed by atoms with van der Waals surface area (Å²) in [6.07, 6.45) is 4.49. The average Bonchev–Trinajstić information content (AvgIpc) is 2.67. The first-order chi connectivity index (χ1) is 7.40. The number of furan rings is 1. The molecule has 80 valence electrons. The molecule has 2 N–H and O–H groups in total. The predicted octanol–water partition coefficient (Wildman–Crippen LogP) is 3.10. The van der Waals surface area contributed by atoms with Gasteiger partial charge in [0.05, 0.1) is 0 Å². The molecule has 0 amide bonds. The van der Waals surface area contributed by atoms with Gasteiger partial charge in [-0.25, -0.2) is 0 Å². The average molecular weight is 203 g/mol. The SMILES string of the molecule is NCCCCCc1cc2ccccc2o1. The summed E-state index contributed by atoms with van der Waals surface area (Å²) in [6.45, 7) is 0.792. The third-order valence-electron chi connectivity index (χ3n) is 2.60. The molecule has 0 unspecified atom stereocenters. The summed E-state index contributed by atoms with van der Waals surface area (Å²) in [4.78, 5) is 0. The van der Waals surface area contributed by atoms with Crippen molar-refractivity contribution in [3.63, 3.8) is 0 Å². The summed E-state index contributed by atoms with van der Waals surface area (Å²) >= 11 is 0. The summed E-state index contributed by atoms with van der Waals surface area (Å²) in [5.41, 5.74) is 6.44. The van der Waals surface area contributed by atoms with Crippen LogP contribution >= 0.6 is 0 Å². The van der Waals surface area contributed by atoms with Gasteiger partial charge < -0.3 is 10.2 Å². The summed E-state index contributed by atoms with van der Waals surface area (Å²) < 4.78 is 5.72. The van der Waals surface area contributed by atoms with Crippen LogP contribution in [-0.2, 0) is 6.42 Å². The largest absolute Gasteiger partial charge is 0.461 e. The number of hydrogen-bond acceptors (Lipinski definition) is 2. The van der Waals surface area contributed by atoms with Crippen LogP contribution < -0.4 is 5.73 Å². The van der Waals surface area contributed by atoms with Crippen LogP contribution in [0.4, 0.5) is 0 Å².